The lowest BCUT2D eigenvalue weighted by Gasteiger charge is -2.26. The molecule has 0 amide bonds. The smallest absolute Gasteiger partial charge is 0.409 e. The van der Waals surface area contributed by atoms with Gasteiger partial charge in [0.25, 0.3) is 0 Å². The Hall–Kier alpha value is -2.00. The number of oxime groups is 1. The number of hydrogen-bond acceptors (Lipinski definition) is 5. The van der Waals surface area contributed by atoms with Gasteiger partial charge in [0.05, 0.1) is 18.8 Å². The molecule has 0 aliphatic rings. The van der Waals surface area contributed by atoms with Gasteiger partial charge in [-0.05, 0) is 18.2 Å². The van der Waals surface area contributed by atoms with E-state index in [0.29, 0.717) is 0 Å². The van der Waals surface area contributed by atoms with Crippen LogP contribution in [0.1, 0.15) is 11.1 Å². The van der Waals surface area contributed by atoms with Gasteiger partial charge in [-0.3, -0.25) is 0 Å². The SMILES string of the molecule is N/C(=N/O)c1cc(C(F)(F)F)ccc1N(CCO)CCO. The summed E-state index contributed by atoms with van der Waals surface area (Å²) in [5.74, 6) is -0.489. The zero-order valence-corrected chi connectivity index (χ0v) is 11.0. The molecule has 6 nitrogen and oxygen atoms in total. The second kappa shape index (κ2) is 7.14. The van der Waals surface area contributed by atoms with Crippen molar-refractivity contribution >= 4 is 11.5 Å². The molecule has 0 aliphatic carbocycles. The van der Waals surface area contributed by atoms with E-state index in [0.717, 1.165) is 18.2 Å². The van der Waals surface area contributed by atoms with Crippen LogP contribution in [-0.4, -0.2) is 47.6 Å². The number of rotatable bonds is 6. The lowest BCUT2D eigenvalue weighted by molar-refractivity contribution is -0.137. The number of halogens is 3. The first-order valence-electron chi connectivity index (χ1n) is 6.01. The van der Waals surface area contributed by atoms with Crippen LogP contribution in [0.15, 0.2) is 23.4 Å². The van der Waals surface area contributed by atoms with Gasteiger partial charge in [0.15, 0.2) is 5.84 Å². The Bertz CT molecular complexity index is 500. The molecule has 0 bridgehead atoms. The molecule has 0 fully saturated rings. The van der Waals surface area contributed by atoms with Crippen LogP contribution in [0.5, 0.6) is 0 Å². The highest BCUT2D eigenvalue weighted by atomic mass is 19.4. The summed E-state index contributed by atoms with van der Waals surface area (Å²) in [7, 11) is 0. The number of nitrogens with zero attached hydrogens (tertiary/aromatic N) is 2. The summed E-state index contributed by atoms with van der Waals surface area (Å²) < 4.78 is 38.2. The summed E-state index contributed by atoms with van der Waals surface area (Å²) in [5.41, 5.74) is 4.57. The molecule has 1 aromatic rings. The average Bonchev–Trinajstić information content (AvgIpc) is 2.44. The molecular weight excluding hydrogens is 291 g/mol. The van der Waals surface area contributed by atoms with E-state index in [-0.39, 0.29) is 37.6 Å². The first kappa shape index (κ1) is 17.1. The third-order valence-electron chi connectivity index (χ3n) is 2.79. The third kappa shape index (κ3) is 4.23. The quantitative estimate of drug-likeness (QED) is 0.267. The number of aliphatic hydroxyl groups excluding tert-OH is 2. The van der Waals surface area contributed by atoms with Crippen molar-refractivity contribution in [3.63, 3.8) is 0 Å². The fourth-order valence-corrected chi connectivity index (χ4v) is 1.84. The summed E-state index contributed by atoms with van der Waals surface area (Å²) in [5, 5.41) is 29.4. The van der Waals surface area contributed by atoms with Crippen molar-refractivity contribution in [2.24, 2.45) is 10.9 Å². The highest BCUT2D eigenvalue weighted by Crippen LogP contribution is 2.32. The molecule has 9 heteroatoms. The number of amidine groups is 1. The lowest BCUT2D eigenvalue weighted by atomic mass is 10.1. The first-order valence-corrected chi connectivity index (χ1v) is 6.01. The van der Waals surface area contributed by atoms with Crippen molar-refractivity contribution in [3.05, 3.63) is 29.3 Å². The maximum Gasteiger partial charge on any atom is 0.416 e. The maximum absolute atomic E-state index is 12.7. The van der Waals surface area contributed by atoms with E-state index in [1.54, 1.807) is 0 Å². The topological polar surface area (TPSA) is 102 Å². The molecule has 1 rings (SSSR count). The summed E-state index contributed by atoms with van der Waals surface area (Å²) in [6.45, 7) is -0.372. The van der Waals surface area contributed by atoms with Crippen LogP contribution >= 0.6 is 0 Å². The molecule has 0 heterocycles. The van der Waals surface area contributed by atoms with Gasteiger partial charge in [0.1, 0.15) is 0 Å². The van der Waals surface area contributed by atoms with E-state index in [2.05, 4.69) is 5.16 Å². The minimum absolute atomic E-state index is 0.0810. The second-order valence-electron chi connectivity index (χ2n) is 4.15. The van der Waals surface area contributed by atoms with E-state index >= 15 is 0 Å². The first-order chi connectivity index (χ1) is 9.85. The fourth-order valence-electron chi connectivity index (χ4n) is 1.84. The number of anilines is 1. The second-order valence-corrected chi connectivity index (χ2v) is 4.15. The van der Waals surface area contributed by atoms with Gasteiger partial charge in [-0.1, -0.05) is 5.16 Å². The van der Waals surface area contributed by atoms with Gasteiger partial charge in [0, 0.05) is 24.3 Å². The van der Waals surface area contributed by atoms with Crippen molar-refractivity contribution in [1.29, 1.82) is 0 Å². The fraction of sp³-hybridized carbons (Fsp3) is 0.417. The standard InChI is InChI=1S/C12H16F3N3O3/c13-12(14,15)8-1-2-10(9(7-8)11(16)17-21)18(3-5-19)4-6-20/h1-2,7,19-21H,3-6H2,(H2,16,17). The zero-order chi connectivity index (χ0) is 16.0. The van der Waals surface area contributed by atoms with Crippen LogP contribution < -0.4 is 10.6 Å². The Balaban J connectivity index is 3.36. The van der Waals surface area contributed by atoms with Crippen LogP contribution in [0, 0.1) is 0 Å². The number of benzene rings is 1. The minimum atomic E-state index is -4.57. The molecule has 118 valence electrons. The monoisotopic (exact) mass is 307 g/mol. The Morgan fingerprint density at radius 2 is 1.76 bits per heavy atom. The minimum Gasteiger partial charge on any atom is -0.409 e. The van der Waals surface area contributed by atoms with Crippen LogP contribution in [0.3, 0.4) is 0 Å². The Labute approximate surface area is 118 Å². The molecule has 21 heavy (non-hydrogen) atoms. The summed E-state index contributed by atoms with van der Waals surface area (Å²) in [4.78, 5) is 1.44. The molecular formula is C12H16F3N3O3. The lowest BCUT2D eigenvalue weighted by Crippen LogP contribution is -2.32. The van der Waals surface area contributed by atoms with Crippen LogP contribution in [0.25, 0.3) is 0 Å². The molecule has 0 atom stereocenters. The van der Waals surface area contributed by atoms with Gasteiger partial charge in [0.2, 0.25) is 0 Å². The van der Waals surface area contributed by atoms with Crippen molar-refractivity contribution in [3.8, 4) is 0 Å². The molecule has 0 radical (unpaired) electrons. The van der Waals surface area contributed by atoms with Crippen molar-refractivity contribution in [2.75, 3.05) is 31.2 Å². The highest BCUT2D eigenvalue weighted by Gasteiger charge is 2.31. The van der Waals surface area contributed by atoms with E-state index in [1.807, 2.05) is 0 Å². The van der Waals surface area contributed by atoms with Crippen molar-refractivity contribution in [2.45, 2.75) is 6.18 Å². The molecule has 0 saturated heterocycles. The largest absolute Gasteiger partial charge is 0.416 e. The summed E-state index contributed by atoms with van der Waals surface area (Å²) >= 11 is 0. The van der Waals surface area contributed by atoms with Crippen LogP contribution in [0.4, 0.5) is 18.9 Å². The molecule has 0 saturated carbocycles. The van der Waals surface area contributed by atoms with Gasteiger partial charge >= 0.3 is 6.18 Å². The third-order valence-corrected chi connectivity index (χ3v) is 2.79. The normalized spacial score (nSPS) is 12.5. The van der Waals surface area contributed by atoms with Crippen LogP contribution in [0.2, 0.25) is 0 Å². The van der Waals surface area contributed by atoms with E-state index in [9.17, 15) is 13.2 Å². The average molecular weight is 307 g/mol. The van der Waals surface area contributed by atoms with E-state index in [4.69, 9.17) is 21.2 Å². The van der Waals surface area contributed by atoms with E-state index in [1.165, 1.54) is 4.90 Å². The maximum atomic E-state index is 12.7. The predicted octanol–water partition coefficient (Wildman–Crippen LogP) is 0.591. The number of alkyl halides is 3. The van der Waals surface area contributed by atoms with Crippen molar-refractivity contribution in [1.82, 2.24) is 0 Å². The van der Waals surface area contributed by atoms with Crippen LogP contribution in [-0.2, 0) is 6.18 Å². The van der Waals surface area contributed by atoms with Gasteiger partial charge in [-0.15, -0.1) is 0 Å². The highest BCUT2D eigenvalue weighted by molar-refractivity contribution is 6.02. The Kier molecular flexibility index (Phi) is 5.79. The Morgan fingerprint density at radius 3 is 2.19 bits per heavy atom. The molecule has 1 aromatic carbocycles. The molecule has 0 unspecified atom stereocenters. The van der Waals surface area contributed by atoms with E-state index < -0.39 is 17.6 Å². The molecule has 0 aromatic heterocycles. The predicted molar refractivity (Wildman–Crippen MR) is 70.3 cm³/mol. The zero-order valence-electron chi connectivity index (χ0n) is 11.0. The summed E-state index contributed by atoms with van der Waals surface area (Å²) in [6.07, 6.45) is -4.57. The molecule has 0 aliphatic heterocycles. The van der Waals surface area contributed by atoms with Gasteiger partial charge in [-0.25, -0.2) is 0 Å². The number of hydrogen-bond donors (Lipinski definition) is 4. The number of nitrogens with two attached hydrogens (primary N) is 1. The molecule has 0 spiro atoms. The Morgan fingerprint density at radius 1 is 1.19 bits per heavy atom. The molecule has 5 N–H and O–H groups in total. The van der Waals surface area contributed by atoms with Crippen molar-refractivity contribution < 1.29 is 28.6 Å². The van der Waals surface area contributed by atoms with Gasteiger partial charge < -0.3 is 26.1 Å². The number of aliphatic hydroxyl groups is 2. The summed E-state index contributed by atoms with van der Waals surface area (Å²) in [6, 6.07) is 2.76. The van der Waals surface area contributed by atoms with Gasteiger partial charge in [-0.2, -0.15) is 13.2 Å².